The van der Waals surface area contributed by atoms with Crippen molar-refractivity contribution in [2.24, 2.45) is 5.73 Å². The van der Waals surface area contributed by atoms with Gasteiger partial charge in [0.2, 0.25) is 0 Å². The lowest BCUT2D eigenvalue weighted by molar-refractivity contribution is 0.0999. The number of ether oxygens (including phenoxy) is 1. The van der Waals surface area contributed by atoms with Crippen LogP contribution in [0.3, 0.4) is 0 Å². The molecule has 0 bridgehead atoms. The zero-order chi connectivity index (χ0) is 19.9. The molecule has 0 radical (unpaired) electrons. The summed E-state index contributed by atoms with van der Waals surface area (Å²) < 4.78 is 5.51. The fraction of sp³-hybridized carbons (Fsp3) is 0.429. The smallest absolute Gasteiger partial charge is 0.252 e. The number of aromatic nitrogens is 1. The Kier molecular flexibility index (Phi) is 6.84. The van der Waals surface area contributed by atoms with E-state index in [1.165, 1.54) is 5.56 Å². The number of carbonyl (C=O) groups is 1. The molecule has 1 saturated heterocycles. The average Bonchev–Trinajstić information content (AvgIpc) is 2.71. The van der Waals surface area contributed by atoms with Crippen LogP contribution in [0.4, 0.5) is 5.82 Å². The molecule has 7 nitrogen and oxygen atoms in total. The lowest BCUT2D eigenvalue weighted by Gasteiger charge is -2.42. The Labute approximate surface area is 165 Å². The number of hydrogen-bond donors (Lipinski definition) is 2. The van der Waals surface area contributed by atoms with Gasteiger partial charge in [-0.2, -0.15) is 0 Å². The normalized spacial score (nSPS) is 17.5. The van der Waals surface area contributed by atoms with Gasteiger partial charge in [0.1, 0.15) is 11.6 Å². The highest BCUT2D eigenvalue weighted by Crippen LogP contribution is 2.24. The van der Waals surface area contributed by atoms with Gasteiger partial charge in [0, 0.05) is 45.0 Å². The maximum Gasteiger partial charge on any atom is 0.252 e. The lowest BCUT2D eigenvalue weighted by atomic mass is 10.1. The molecule has 1 aliphatic rings. The van der Waals surface area contributed by atoms with Crippen LogP contribution >= 0.6 is 0 Å². The molecule has 1 aromatic heterocycles. The molecule has 1 fully saturated rings. The number of nitrogens with two attached hydrogens (primary N) is 1. The minimum Gasteiger partial charge on any atom is -0.494 e. The van der Waals surface area contributed by atoms with Gasteiger partial charge < -0.3 is 20.5 Å². The second-order valence-corrected chi connectivity index (χ2v) is 6.90. The summed E-state index contributed by atoms with van der Waals surface area (Å²) in [6.07, 6.45) is 2.33. The quantitative estimate of drug-likeness (QED) is 0.719. The number of carbonyl (C=O) groups excluding carboxylic acids is 1. The van der Waals surface area contributed by atoms with E-state index in [1.807, 2.05) is 19.1 Å². The Morgan fingerprint density at radius 2 is 2.07 bits per heavy atom. The van der Waals surface area contributed by atoms with Gasteiger partial charge in [0.05, 0.1) is 12.2 Å². The number of hydrogen-bond acceptors (Lipinski definition) is 6. The van der Waals surface area contributed by atoms with Crippen LogP contribution in [0.15, 0.2) is 42.6 Å². The second-order valence-electron chi connectivity index (χ2n) is 6.90. The van der Waals surface area contributed by atoms with Crippen molar-refractivity contribution in [1.82, 2.24) is 9.88 Å². The number of piperazine rings is 1. The van der Waals surface area contributed by atoms with Gasteiger partial charge >= 0.3 is 0 Å². The minimum atomic E-state index is -0.473. The summed E-state index contributed by atoms with van der Waals surface area (Å²) in [4.78, 5) is 20.6. The lowest BCUT2D eigenvalue weighted by Crippen LogP contribution is -2.53. The van der Waals surface area contributed by atoms with Crippen molar-refractivity contribution in [2.45, 2.75) is 25.9 Å². The zero-order valence-electron chi connectivity index (χ0n) is 16.3. The van der Waals surface area contributed by atoms with E-state index in [0.717, 1.165) is 25.4 Å². The van der Waals surface area contributed by atoms with Crippen molar-refractivity contribution in [2.75, 3.05) is 37.7 Å². The van der Waals surface area contributed by atoms with E-state index in [-0.39, 0.29) is 12.6 Å². The molecule has 7 heteroatoms. The maximum atomic E-state index is 11.7. The fourth-order valence-corrected chi connectivity index (χ4v) is 3.65. The molecule has 1 aliphatic heterocycles. The van der Waals surface area contributed by atoms with Crippen LogP contribution in [-0.2, 0) is 6.54 Å². The molecule has 0 saturated carbocycles. The predicted octanol–water partition coefficient (Wildman–Crippen LogP) is 1.65. The fourth-order valence-electron chi connectivity index (χ4n) is 3.65. The van der Waals surface area contributed by atoms with Gasteiger partial charge in [-0.3, -0.25) is 9.69 Å². The van der Waals surface area contributed by atoms with Crippen LogP contribution in [0.25, 0.3) is 0 Å². The van der Waals surface area contributed by atoms with Gasteiger partial charge in [0.25, 0.3) is 5.91 Å². The molecule has 28 heavy (non-hydrogen) atoms. The first kappa shape index (κ1) is 20.1. The van der Waals surface area contributed by atoms with Crippen molar-refractivity contribution in [3.8, 4) is 5.75 Å². The first-order valence-electron chi connectivity index (χ1n) is 9.68. The van der Waals surface area contributed by atoms with E-state index in [4.69, 9.17) is 10.5 Å². The van der Waals surface area contributed by atoms with Crippen molar-refractivity contribution in [3.05, 3.63) is 53.7 Å². The number of amides is 1. The number of aliphatic hydroxyl groups excluding tert-OH is 1. The molecular weight excluding hydrogens is 356 g/mol. The number of aliphatic hydroxyl groups is 1. The van der Waals surface area contributed by atoms with Crippen LogP contribution in [0.2, 0.25) is 0 Å². The van der Waals surface area contributed by atoms with Crippen molar-refractivity contribution in [3.63, 3.8) is 0 Å². The summed E-state index contributed by atoms with van der Waals surface area (Å²) >= 11 is 0. The largest absolute Gasteiger partial charge is 0.494 e. The number of primary amides is 1. The topological polar surface area (TPSA) is 91.9 Å². The van der Waals surface area contributed by atoms with Crippen molar-refractivity contribution < 1.29 is 14.6 Å². The van der Waals surface area contributed by atoms with Gasteiger partial charge in [-0.25, -0.2) is 4.98 Å². The molecule has 1 amide bonds. The van der Waals surface area contributed by atoms with Gasteiger partial charge in [-0.15, -0.1) is 0 Å². The highest BCUT2D eigenvalue weighted by atomic mass is 16.5. The standard InChI is InChI=1S/C21H28N4O3/c1-2-28-18-7-5-16(6-8-18)14-24-11-12-25(15-17(24)9-13-26)21-19(20(22)27)4-3-10-23-21/h3-8,10,17,26H,2,9,11-15H2,1H3,(H2,22,27). The summed E-state index contributed by atoms with van der Waals surface area (Å²) in [5, 5.41) is 9.55. The highest BCUT2D eigenvalue weighted by Gasteiger charge is 2.29. The first-order chi connectivity index (χ1) is 13.6. The van der Waals surface area contributed by atoms with Crippen LogP contribution in [0, 0.1) is 0 Å². The molecule has 2 heterocycles. The number of anilines is 1. The summed E-state index contributed by atoms with van der Waals surface area (Å²) in [5.41, 5.74) is 7.15. The van der Waals surface area contributed by atoms with Crippen LogP contribution in [0.1, 0.15) is 29.3 Å². The predicted molar refractivity (Wildman–Crippen MR) is 108 cm³/mol. The maximum absolute atomic E-state index is 11.7. The van der Waals surface area contributed by atoms with Crippen molar-refractivity contribution in [1.29, 1.82) is 0 Å². The Morgan fingerprint density at radius 3 is 2.75 bits per heavy atom. The van der Waals surface area contributed by atoms with E-state index in [1.54, 1.807) is 18.3 Å². The van der Waals surface area contributed by atoms with E-state index in [9.17, 15) is 9.90 Å². The molecule has 1 atom stereocenters. The van der Waals surface area contributed by atoms with E-state index >= 15 is 0 Å². The summed E-state index contributed by atoms with van der Waals surface area (Å²) in [5.74, 6) is 1.02. The van der Waals surface area contributed by atoms with Crippen LogP contribution in [-0.4, -0.2) is 59.8 Å². The zero-order valence-corrected chi connectivity index (χ0v) is 16.3. The van der Waals surface area contributed by atoms with Gasteiger partial charge in [0.15, 0.2) is 0 Å². The van der Waals surface area contributed by atoms with Crippen LogP contribution in [0.5, 0.6) is 5.75 Å². The number of rotatable bonds is 8. The summed E-state index contributed by atoms with van der Waals surface area (Å²) in [6, 6.07) is 11.7. The SMILES string of the molecule is CCOc1ccc(CN2CCN(c3ncccc3C(N)=O)CC2CCO)cc1. The van der Waals surface area contributed by atoms with Crippen molar-refractivity contribution >= 4 is 11.7 Å². The molecule has 0 spiro atoms. The Morgan fingerprint density at radius 1 is 1.29 bits per heavy atom. The molecule has 1 unspecified atom stereocenters. The minimum absolute atomic E-state index is 0.114. The summed E-state index contributed by atoms with van der Waals surface area (Å²) in [6.45, 7) is 5.79. The number of nitrogens with zero attached hydrogens (tertiary/aromatic N) is 3. The monoisotopic (exact) mass is 384 g/mol. The molecule has 3 rings (SSSR count). The molecule has 150 valence electrons. The molecule has 0 aliphatic carbocycles. The third-order valence-corrected chi connectivity index (χ3v) is 5.04. The third kappa shape index (κ3) is 4.79. The molecule has 1 aromatic carbocycles. The number of benzene rings is 1. The molecule has 2 aromatic rings. The second kappa shape index (κ2) is 9.52. The van der Waals surface area contributed by atoms with Gasteiger partial charge in [-0.1, -0.05) is 12.1 Å². The van der Waals surface area contributed by atoms with E-state index in [2.05, 4.69) is 26.9 Å². The molecular formula is C21H28N4O3. The average molecular weight is 384 g/mol. The summed E-state index contributed by atoms with van der Waals surface area (Å²) in [7, 11) is 0. The van der Waals surface area contributed by atoms with E-state index < -0.39 is 5.91 Å². The van der Waals surface area contributed by atoms with Gasteiger partial charge in [-0.05, 0) is 43.2 Å². The van der Waals surface area contributed by atoms with E-state index in [0.29, 0.717) is 31.0 Å². The Hall–Kier alpha value is -2.64. The Bertz CT molecular complexity index is 781. The van der Waals surface area contributed by atoms with Crippen LogP contribution < -0.4 is 15.4 Å². The Balaban J connectivity index is 1.71. The third-order valence-electron chi connectivity index (χ3n) is 5.04. The first-order valence-corrected chi connectivity index (χ1v) is 9.68. The highest BCUT2D eigenvalue weighted by molar-refractivity contribution is 5.97. The number of pyridine rings is 1. The molecule has 3 N–H and O–H groups in total.